The second kappa shape index (κ2) is 56.5. The molecule has 0 atom stereocenters. The van der Waals surface area contributed by atoms with Gasteiger partial charge in [-0.15, -0.1) is 39.5 Å². The Morgan fingerprint density at radius 3 is 0.857 bits per heavy atom. The topological polar surface area (TPSA) is 0 Å². The van der Waals surface area contributed by atoms with Crippen molar-refractivity contribution < 1.29 is 0 Å². The van der Waals surface area contributed by atoms with Crippen LogP contribution in [0.25, 0.3) is 0 Å². The summed E-state index contributed by atoms with van der Waals surface area (Å²) in [7, 11) is 0. The van der Waals surface area contributed by atoms with Crippen molar-refractivity contribution in [2.75, 3.05) is 0 Å². The molecule has 0 aromatic carbocycles. The van der Waals surface area contributed by atoms with Gasteiger partial charge in [-0.25, -0.2) is 0 Å². The molecule has 0 aliphatic heterocycles. The quantitative estimate of drug-likeness (QED) is 0.388. The van der Waals surface area contributed by atoms with E-state index in [0.29, 0.717) is 0 Å². The van der Waals surface area contributed by atoms with Gasteiger partial charge in [0.25, 0.3) is 0 Å². The normalized spacial score (nSPS) is 6.43. The summed E-state index contributed by atoms with van der Waals surface area (Å²) in [6.07, 6.45) is 8.49. The first-order chi connectivity index (χ1) is 6.91. The summed E-state index contributed by atoms with van der Waals surface area (Å²) >= 11 is 0. The maximum Gasteiger partial charge on any atom is -0.0533 e. The first kappa shape index (κ1) is 23.2. The van der Waals surface area contributed by atoms with Crippen molar-refractivity contribution in [1.82, 2.24) is 0 Å². The molecule has 0 aromatic heterocycles. The fraction of sp³-hybridized carbons (Fsp3) is 0.571. The zero-order valence-corrected chi connectivity index (χ0v) is 10.5. The van der Waals surface area contributed by atoms with Crippen LogP contribution in [0, 0.1) is 0 Å². The largest absolute Gasteiger partial charge is 0.106 e. The average Bonchev–Trinajstić information content (AvgIpc) is 2.33. The zero-order chi connectivity index (χ0) is 12.2. The number of rotatable bonds is 5. The van der Waals surface area contributed by atoms with Crippen molar-refractivity contribution in [3.05, 3.63) is 39.5 Å². The van der Waals surface area contributed by atoms with Gasteiger partial charge in [-0.2, -0.15) is 0 Å². The van der Waals surface area contributed by atoms with E-state index in [4.69, 9.17) is 0 Å². The molecule has 0 bridgehead atoms. The smallest absolute Gasteiger partial charge is 0.0533 e. The number of hydrogen-bond acceptors (Lipinski definition) is 0. The summed E-state index contributed by atoms with van der Waals surface area (Å²) < 4.78 is 0. The fourth-order valence-corrected chi connectivity index (χ4v) is 0.854. The van der Waals surface area contributed by atoms with Gasteiger partial charge < -0.3 is 0 Å². The van der Waals surface area contributed by atoms with Crippen molar-refractivity contribution in [3.63, 3.8) is 0 Å². The molecule has 0 rings (SSSR count). The molecule has 0 amide bonds. The number of unbranched alkanes of at least 4 members (excludes halogenated alkanes) is 5. The molecule has 0 nitrogen and oxygen atoms in total. The molecular weight excluding hydrogens is 168 g/mol. The Labute approximate surface area is 92.4 Å². The second-order valence-corrected chi connectivity index (χ2v) is 2.41. The van der Waals surface area contributed by atoms with E-state index in [1.165, 1.54) is 38.5 Å². The van der Waals surface area contributed by atoms with Crippen LogP contribution in [0.4, 0.5) is 0 Å². The van der Waals surface area contributed by atoms with E-state index in [1.807, 2.05) is 0 Å². The van der Waals surface area contributed by atoms with Gasteiger partial charge in [0.15, 0.2) is 0 Å². The van der Waals surface area contributed by atoms with Crippen LogP contribution in [0.15, 0.2) is 39.5 Å². The molecule has 0 spiro atoms. The summed E-state index contributed by atoms with van der Waals surface area (Å²) in [5, 5.41) is 0. The molecule has 0 saturated heterocycles. The van der Waals surface area contributed by atoms with Gasteiger partial charge in [-0.1, -0.05) is 52.4 Å². The van der Waals surface area contributed by atoms with E-state index >= 15 is 0 Å². The molecule has 86 valence electrons. The van der Waals surface area contributed by atoms with Gasteiger partial charge in [0.05, 0.1) is 0 Å². The highest BCUT2D eigenvalue weighted by Gasteiger charge is 1.83. The molecule has 0 aliphatic rings. The molecule has 0 fully saturated rings. The lowest BCUT2D eigenvalue weighted by Gasteiger charge is -1.93. The first-order valence-electron chi connectivity index (χ1n) is 5.41. The van der Waals surface area contributed by atoms with Gasteiger partial charge >= 0.3 is 0 Å². The Morgan fingerprint density at radius 1 is 0.500 bits per heavy atom. The standard InChI is InChI=1S/C8H18.3C2H4/c1-3-5-7-8-6-4-2;3*1-2/h3-8H2,1-2H3;3*1-2H2. The van der Waals surface area contributed by atoms with Crippen LogP contribution in [-0.2, 0) is 0 Å². The molecular formula is C14H30. The van der Waals surface area contributed by atoms with E-state index in [2.05, 4.69) is 53.3 Å². The van der Waals surface area contributed by atoms with E-state index in [-0.39, 0.29) is 0 Å². The number of hydrogen-bond donors (Lipinski definition) is 0. The van der Waals surface area contributed by atoms with Crippen molar-refractivity contribution in [2.45, 2.75) is 52.4 Å². The summed E-state index contributed by atoms with van der Waals surface area (Å²) in [6, 6.07) is 0. The summed E-state index contributed by atoms with van der Waals surface area (Å²) in [5.41, 5.74) is 0. The van der Waals surface area contributed by atoms with Crippen LogP contribution >= 0.6 is 0 Å². The highest BCUT2D eigenvalue weighted by molar-refractivity contribution is 4.39. The van der Waals surface area contributed by atoms with Crippen LogP contribution < -0.4 is 0 Å². The van der Waals surface area contributed by atoms with Gasteiger partial charge in [-0.05, 0) is 0 Å². The Bertz CT molecular complexity index is 46.3. The minimum Gasteiger partial charge on any atom is -0.106 e. The van der Waals surface area contributed by atoms with Crippen LogP contribution in [0.5, 0.6) is 0 Å². The molecule has 0 N–H and O–H groups in total. The maximum absolute atomic E-state index is 3.00. The van der Waals surface area contributed by atoms with E-state index in [9.17, 15) is 0 Å². The molecule has 0 aliphatic carbocycles. The highest BCUT2D eigenvalue weighted by Crippen LogP contribution is 2.03. The van der Waals surface area contributed by atoms with Crippen molar-refractivity contribution in [2.24, 2.45) is 0 Å². The minimum atomic E-state index is 1.36. The summed E-state index contributed by atoms with van der Waals surface area (Å²) in [5.74, 6) is 0. The molecule has 0 unspecified atom stereocenters. The van der Waals surface area contributed by atoms with E-state index < -0.39 is 0 Å². The van der Waals surface area contributed by atoms with Gasteiger partial charge in [-0.3, -0.25) is 0 Å². The Morgan fingerprint density at radius 2 is 0.714 bits per heavy atom. The van der Waals surface area contributed by atoms with Gasteiger partial charge in [0.2, 0.25) is 0 Å². The van der Waals surface area contributed by atoms with E-state index in [0.717, 1.165) is 0 Å². The molecule has 0 heteroatoms. The molecule has 14 heavy (non-hydrogen) atoms. The van der Waals surface area contributed by atoms with Gasteiger partial charge in [0, 0.05) is 0 Å². The third kappa shape index (κ3) is 65.8. The Balaban J connectivity index is -0.0000000708. The highest BCUT2D eigenvalue weighted by atomic mass is 13.9. The molecule has 0 aromatic rings. The SMILES string of the molecule is C=C.C=C.C=C.CCCCCCCC. The minimum absolute atomic E-state index is 1.36. The zero-order valence-electron chi connectivity index (χ0n) is 10.5. The van der Waals surface area contributed by atoms with Crippen LogP contribution in [0.1, 0.15) is 52.4 Å². The van der Waals surface area contributed by atoms with E-state index in [1.54, 1.807) is 0 Å². The van der Waals surface area contributed by atoms with Crippen molar-refractivity contribution in [3.8, 4) is 0 Å². The predicted octanol–water partition coefficient (Wildman–Crippen LogP) is 5.77. The van der Waals surface area contributed by atoms with Crippen LogP contribution in [0.3, 0.4) is 0 Å². The first-order valence-corrected chi connectivity index (χ1v) is 5.41. The maximum atomic E-state index is 3.00. The lowest BCUT2D eigenvalue weighted by Crippen LogP contribution is -1.73. The van der Waals surface area contributed by atoms with Gasteiger partial charge in [0.1, 0.15) is 0 Å². The molecule has 0 saturated carbocycles. The van der Waals surface area contributed by atoms with Crippen LogP contribution in [0.2, 0.25) is 0 Å². The predicted molar refractivity (Wildman–Crippen MR) is 72.8 cm³/mol. The third-order valence-electron chi connectivity index (χ3n) is 1.46. The molecule has 0 radical (unpaired) electrons. The summed E-state index contributed by atoms with van der Waals surface area (Å²) in [4.78, 5) is 0. The molecule has 0 heterocycles. The second-order valence-electron chi connectivity index (χ2n) is 2.41. The lowest BCUT2D eigenvalue weighted by atomic mass is 10.1. The fourth-order valence-electron chi connectivity index (χ4n) is 0.854. The van der Waals surface area contributed by atoms with Crippen molar-refractivity contribution >= 4 is 0 Å². The van der Waals surface area contributed by atoms with Crippen molar-refractivity contribution in [1.29, 1.82) is 0 Å². The Kier molecular flexibility index (Phi) is 93.6. The third-order valence-corrected chi connectivity index (χ3v) is 1.46. The van der Waals surface area contributed by atoms with Crippen LogP contribution in [-0.4, -0.2) is 0 Å². The average molecular weight is 198 g/mol. The summed E-state index contributed by atoms with van der Waals surface area (Å²) in [6.45, 7) is 22.5. The Hall–Kier alpha value is -0.780. The lowest BCUT2D eigenvalue weighted by molar-refractivity contribution is 0.624. The monoisotopic (exact) mass is 198 g/mol.